The van der Waals surface area contributed by atoms with Crippen molar-refractivity contribution in [2.24, 2.45) is 0 Å². The van der Waals surface area contributed by atoms with Crippen molar-refractivity contribution < 1.29 is 14.3 Å². The van der Waals surface area contributed by atoms with E-state index in [2.05, 4.69) is 4.98 Å². The van der Waals surface area contributed by atoms with Gasteiger partial charge in [0.2, 0.25) is 5.91 Å². The first-order valence-corrected chi connectivity index (χ1v) is 9.40. The topological polar surface area (TPSA) is 66.0 Å². The van der Waals surface area contributed by atoms with E-state index >= 15 is 0 Å². The summed E-state index contributed by atoms with van der Waals surface area (Å²) in [5, 5.41) is 0. The number of carbonyl (C=O) groups is 2. The number of likely N-dealkylation sites (tertiary alicyclic amines) is 2. The van der Waals surface area contributed by atoms with E-state index in [0.29, 0.717) is 45.8 Å². The average molecular weight is 358 g/mol. The van der Waals surface area contributed by atoms with Gasteiger partial charge in [-0.3, -0.25) is 9.78 Å². The lowest BCUT2D eigenvalue weighted by Gasteiger charge is -2.47. The molecular weight excluding hydrogens is 332 g/mol. The Morgan fingerprint density at radius 3 is 2.38 bits per heavy atom. The molecule has 3 saturated heterocycles. The molecule has 1 spiro atoms. The number of ether oxygens (including phenoxy) is 1. The lowest BCUT2D eigenvalue weighted by Crippen LogP contribution is -2.57. The van der Waals surface area contributed by atoms with Gasteiger partial charge in [-0.05, 0) is 30.5 Å². The van der Waals surface area contributed by atoms with Crippen molar-refractivity contribution in [3.05, 3.63) is 30.1 Å². The van der Waals surface area contributed by atoms with Crippen LogP contribution in [0.1, 0.15) is 30.7 Å². The number of piperidine rings is 1. The standard InChI is InChI=1S/C19H26N4O3/c1-21-17(24)14-16(15-2-6-20-7-3-15)19(21)4-8-22(9-5-19)18(25)23-10-12-26-13-11-23/h2-3,6-7,16H,4-5,8-14H2,1H3. The van der Waals surface area contributed by atoms with Gasteiger partial charge in [0.25, 0.3) is 0 Å². The van der Waals surface area contributed by atoms with Gasteiger partial charge in [-0.1, -0.05) is 0 Å². The van der Waals surface area contributed by atoms with Crippen LogP contribution in [0.25, 0.3) is 0 Å². The molecule has 0 radical (unpaired) electrons. The Morgan fingerprint density at radius 1 is 1.12 bits per heavy atom. The summed E-state index contributed by atoms with van der Waals surface area (Å²) < 4.78 is 5.34. The van der Waals surface area contributed by atoms with Crippen molar-refractivity contribution in [2.45, 2.75) is 30.7 Å². The summed E-state index contributed by atoms with van der Waals surface area (Å²) in [6, 6.07) is 4.14. The number of pyridine rings is 1. The maximum atomic E-state index is 12.8. The molecule has 26 heavy (non-hydrogen) atoms. The fourth-order valence-corrected chi connectivity index (χ4v) is 4.73. The zero-order valence-corrected chi connectivity index (χ0v) is 15.3. The molecule has 1 unspecified atom stereocenters. The Balaban J connectivity index is 1.50. The third kappa shape index (κ3) is 2.84. The van der Waals surface area contributed by atoms with E-state index in [4.69, 9.17) is 4.74 Å². The van der Waals surface area contributed by atoms with Crippen LogP contribution >= 0.6 is 0 Å². The third-order valence-electron chi connectivity index (χ3n) is 6.36. The highest BCUT2D eigenvalue weighted by atomic mass is 16.5. The van der Waals surface area contributed by atoms with Gasteiger partial charge in [0.05, 0.1) is 18.8 Å². The van der Waals surface area contributed by atoms with E-state index < -0.39 is 0 Å². The molecule has 3 aliphatic heterocycles. The number of likely N-dealkylation sites (N-methyl/N-ethyl adjacent to an activating group) is 1. The molecule has 7 nitrogen and oxygen atoms in total. The minimum absolute atomic E-state index is 0.107. The summed E-state index contributed by atoms with van der Waals surface area (Å²) >= 11 is 0. The number of amides is 3. The largest absolute Gasteiger partial charge is 0.378 e. The van der Waals surface area contributed by atoms with Gasteiger partial charge in [0.15, 0.2) is 0 Å². The van der Waals surface area contributed by atoms with Crippen LogP contribution in [0, 0.1) is 0 Å². The summed E-state index contributed by atoms with van der Waals surface area (Å²) in [7, 11) is 1.92. The fraction of sp³-hybridized carbons (Fsp3) is 0.632. The van der Waals surface area contributed by atoms with Crippen molar-refractivity contribution in [3.8, 4) is 0 Å². The second-order valence-corrected chi connectivity index (χ2v) is 7.46. The van der Waals surface area contributed by atoms with Crippen molar-refractivity contribution in [1.82, 2.24) is 19.7 Å². The number of nitrogens with zero attached hydrogens (tertiary/aromatic N) is 4. The first-order chi connectivity index (χ1) is 12.6. The van der Waals surface area contributed by atoms with E-state index in [9.17, 15) is 9.59 Å². The van der Waals surface area contributed by atoms with Crippen molar-refractivity contribution >= 4 is 11.9 Å². The normalized spacial score (nSPS) is 25.8. The Bertz CT molecular complexity index is 667. The van der Waals surface area contributed by atoms with Crippen molar-refractivity contribution in [2.75, 3.05) is 46.4 Å². The number of morpholine rings is 1. The molecule has 0 saturated carbocycles. The molecule has 1 aromatic rings. The summed E-state index contributed by atoms with van der Waals surface area (Å²) in [5.41, 5.74) is 0.978. The van der Waals surface area contributed by atoms with Gasteiger partial charge in [-0.15, -0.1) is 0 Å². The Hall–Kier alpha value is -2.15. The Morgan fingerprint density at radius 2 is 1.73 bits per heavy atom. The van der Waals surface area contributed by atoms with Gasteiger partial charge >= 0.3 is 6.03 Å². The molecule has 3 fully saturated rings. The molecule has 0 bridgehead atoms. The van der Waals surface area contributed by atoms with Gasteiger partial charge < -0.3 is 19.4 Å². The maximum Gasteiger partial charge on any atom is 0.320 e. The van der Waals surface area contributed by atoms with Crippen LogP contribution in [0.4, 0.5) is 4.79 Å². The molecule has 140 valence electrons. The number of urea groups is 1. The smallest absolute Gasteiger partial charge is 0.320 e. The van der Waals surface area contributed by atoms with Gasteiger partial charge in [-0.2, -0.15) is 0 Å². The van der Waals surface area contributed by atoms with Crippen LogP contribution in [0.3, 0.4) is 0 Å². The number of aromatic nitrogens is 1. The lowest BCUT2D eigenvalue weighted by molar-refractivity contribution is -0.130. The van der Waals surface area contributed by atoms with Crippen LogP contribution in [0.2, 0.25) is 0 Å². The van der Waals surface area contributed by atoms with Crippen LogP contribution in [0.15, 0.2) is 24.5 Å². The highest BCUT2D eigenvalue weighted by Gasteiger charge is 2.53. The molecule has 3 amide bonds. The van der Waals surface area contributed by atoms with Gasteiger partial charge in [0.1, 0.15) is 0 Å². The second kappa shape index (κ2) is 6.87. The summed E-state index contributed by atoms with van der Waals surface area (Å²) in [4.78, 5) is 35.1. The zero-order chi connectivity index (χ0) is 18.1. The molecule has 3 aliphatic rings. The van der Waals surface area contributed by atoms with E-state index in [1.165, 1.54) is 5.56 Å². The minimum atomic E-state index is -0.194. The predicted octanol–water partition coefficient (Wildman–Crippen LogP) is 1.31. The van der Waals surface area contributed by atoms with Crippen LogP contribution in [-0.2, 0) is 9.53 Å². The number of rotatable bonds is 1. The zero-order valence-electron chi connectivity index (χ0n) is 15.3. The molecule has 1 atom stereocenters. The summed E-state index contributed by atoms with van der Waals surface area (Å²) in [6.45, 7) is 3.94. The monoisotopic (exact) mass is 358 g/mol. The highest BCUT2D eigenvalue weighted by molar-refractivity contribution is 5.81. The second-order valence-electron chi connectivity index (χ2n) is 7.46. The summed E-state index contributed by atoms with van der Waals surface area (Å²) in [5.74, 6) is 0.364. The molecule has 0 N–H and O–H groups in total. The van der Waals surface area contributed by atoms with Crippen molar-refractivity contribution in [3.63, 3.8) is 0 Å². The van der Waals surface area contributed by atoms with Crippen LogP contribution < -0.4 is 0 Å². The minimum Gasteiger partial charge on any atom is -0.378 e. The SMILES string of the molecule is CN1C(=O)CC(c2ccncc2)C12CCN(C(=O)N1CCOCC1)CC2. The molecule has 7 heteroatoms. The molecule has 0 aromatic carbocycles. The first-order valence-electron chi connectivity index (χ1n) is 9.40. The fourth-order valence-electron chi connectivity index (χ4n) is 4.73. The molecule has 0 aliphatic carbocycles. The summed E-state index contributed by atoms with van der Waals surface area (Å²) in [6.07, 6.45) is 5.76. The van der Waals surface area contributed by atoms with Gasteiger partial charge in [0, 0.05) is 58.0 Å². The predicted molar refractivity (Wildman–Crippen MR) is 95.7 cm³/mol. The molecular formula is C19H26N4O3. The van der Waals surface area contributed by atoms with E-state index in [0.717, 1.165) is 12.8 Å². The number of hydrogen-bond donors (Lipinski definition) is 0. The third-order valence-corrected chi connectivity index (χ3v) is 6.36. The number of carbonyl (C=O) groups excluding carboxylic acids is 2. The lowest BCUT2D eigenvalue weighted by atomic mass is 9.74. The first kappa shape index (κ1) is 17.3. The van der Waals surface area contributed by atoms with E-state index in [1.807, 2.05) is 33.9 Å². The average Bonchev–Trinajstić information content (AvgIpc) is 2.94. The maximum absolute atomic E-state index is 12.8. The highest BCUT2D eigenvalue weighted by Crippen LogP contribution is 2.48. The van der Waals surface area contributed by atoms with Crippen LogP contribution in [-0.4, -0.2) is 83.6 Å². The van der Waals surface area contributed by atoms with Crippen LogP contribution in [0.5, 0.6) is 0 Å². The molecule has 4 rings (SSSR count). The quantitative estimate of drug-likeness (QED) is 0.759. The molecule has 4 heterocycles. The molecule has 1 aromatic heterocycles. The Kier molecular flexibility index (Phi) is 4.56. The van der Waals surface area contributed by atoms with E-state index in [1.54, 1.807) is 12.4 Å². The number of hydrogen-bond acceptors (Lipinski definition) is 4. The van der Waals surface area contributed by atoms with E-state index in [-0.39, 0.29) is 23.4 Å². The van der Waals surface area contributed by atoms with Crippen molar-refractivity contribution in [1.29, 1.82) is 0 Å². The Labute approximate surface area is 153 Å². The van der Waals surface area contributed by atoms with Gasteiger partial charge in [-0.25, -0.2) is 4.79 Å².